The van der Waals surface area contributed by atoms with E-state index in [-0.39, 0.29) is 5.41 Å². The highest BCUT2D eigenvalue weighted by Gasteiger charge is 2.47. The first kappa shape index (κ1) is 25.2. The van der Waals surface area contributed by atoms with E-state index in [9.17, 15) is 0 Å². The van der Waals surface area contributed by atoms with Gasteiger partial charge in [-0.15, -0.1) is 0 Å². The summed E-state index contributed by atoms with van der Waals surface area (Å²) in [6.45, 7) is 18.4. The molecule has 2 aliphatic rings. The molecule has 0 nitrogen and oxygen atoms in total. The molecule has 4 aromatic carbocycles. The van der Waals surface area contributed by atoms with Gasteiger partial charge in [0.05, 0.1) is 0 Å². The van der Waals surface area contributed by atoms with Crippen molar-refractivity contribution in [2.75, 3.05) is 0 Å². The van der Waals surface area contributed by atoms with Crippen LogP contribution >= 0.6 is 0 Å². The van der Waals surface area contributed by atoms with E-state index in [1.807, 2.05) is 0 Å². The van der Waals surface area contributed by atoms with Gasteiger partial charge in [-0.2, -0.15) is 0 Å². The SMILES string of the molecule is Cc1cc(C)c(-c2ccc3c(c2)C2(CCC(C)(C)CC2)c2cc(-c4c(C)cc(C)cc4C)ccc2-3)c(C)c1. The van der Waals surface area contributed by atoms with Gasteiger partial charge >= 0.3 is 0 Å². The Kier molecular flexibility index (Phi) is 5.76. The fraction of sp³-hybridized carbons (Fsp3) is 0.368. The smallest absolute Gasteiger partial charge is 0.0216 e. The second-order valence-corrected chi connectivity index (χ2v) is 13.3. The van der Waals surface area contributed by atoms with E-state index >= 15 is 0 Å². The highest BCUT2D eigenvalue weighted by Crippen LogP contribution is 2.59. The Morgan fingerprint density at radius 1 is 0.474 bits per heavy atom. The van der Waals surface area contributed by atoms with E-state index in [2.05, 4.69) is 116 Å². The fourth-order valence-electron chi connectivity index (χ4n) is 7.97. The molecule has 0 radical (unpaired) electrons. The summed E-state index contributed by atoms with van der Waals surface area (Å²) in [5.74, 6) is 0. The highest BCUT2D eigenvalue weighted by molar-refractivity contribution is 5.87. The first-order valence-corrected chi connectivity index (χ1v) is 14.4. The summed E-state index contributed by atoms with van der Waals surface area (Å²) >= 11 is 0. The van der Waals surface area contributed by atoms with Gasteiger partial charge in [0.25, 0.3) is 0 Å². The van der Waals surface area contributed by atoms with Gasteiger partial charge in [0.1, 0.15) is 0 Å². The summed E-state index contributed by atoms with van der Waals surface area (Å²) in [6.07, 6.45) is 4.99. The van der Waals surface area contributed by atoms with E-state index in [1.165, 1.54) is 92.4 Å². The van der Waals surface area contributed by atoms with Crippen molar-refractivity contribution in [1.82, 2.24) is 0 Å². The summed E-state index contributed by atoms with van der Waals surface area (Å²) in [4.78, 5) is 0. The molecule has 4 aromatic rings. The standard InChI is InChI=1S/C38H42/c1-23-17-25(3)35(26(4)18-23)29-9-11-31-32-12-10-30(36-27(5)19-24(2)20-28(36)6)22-34(32)38(33(31)21-29)15-13-37(7,8)14-16-38/h9-12,17-22H,13-16H2,1-8H3. The zero-order valence-corrected chi connectivity index (χ0v) is 24.6. The van der Waals surface area contributed by atoms with Gasteiger partial charge in [-0.3, -0.25) is 0 Å². The molecule has 6 rings (SSSR count). The molecule has 0 aliphatic heterocycles. The summed E-state index contributed by atoms with van der Waals surface area (Å²) in [7, 11) is 0. The molecule has 0 saturated heterocycles. The second-order valence-electron chi connectivity index (χ2n) is 13.3. The van der Waals surface area contributed by atoms with E-state index in [0.717, 1.165) is 0 Å². The largest absolute Gasteiger partial charge is 0.0599 e. The van der Waals surface area contributed by atoms with Crippen LogP contribution in [-0.2, 0) is 5.41 Å². The van der Waals surface area contributed by atoms with Crippen molar-refractivity contribution in [1.29, 1.82) is 0 Å². The Hall–Kier alpha value is -3.12. The van der Waals surface area contributed by atoms with Crippen LogP contribution in [0.1, 0.15) is 84.0 Å². The first-order valence-electron chi connectivity index (χ1n) is 14.4. The summed E-state index contributed by atoms with van der Waals surface area (Å²) in [5.41, 5.74) is 20.3. The van der Waals surface area contributed by atoms with Crippen LogP contribution in [0.15, 0.2) is 60.7 Å². The Balaban J connectivity index is 1.56. The van der Waals surface area contributed by atoms with Crippen molar-refractivity contribution < 1.29 is 0 Å². The molecule has 0 unspecified atom stereocenters. The van der Waals surface area contributed by atoms with Crippen molar-refractivity contribution in [3.8, 4) is 33.4 Å². The molecule has 1 fully saturated rings. The predicted molar refractivity (Wildman–Crippen MR) is 164 cm³/mol. The molecule has 1 spiro atoms. The van der Waals surface area contributed by atoms with Crippen molar-refractivity contribution in [3.63, 3.8) is 0 Å². The number of rotatable bonds is 2. The summed E-state index contributed by atoms with van der Waals surface area (Å²) in [6, 6.07) is 24.1. The Morgan fingerprint density at radius 3 is 1.21 bits per heavy atom. The van der Waals surface area contributed by atoms with Gasteiger partial charge in [0, 0.05) is 5.41 Å². The van der Waals surface area contributed by atoms with Crippen molar-refractivity contribution >= 4 is 0 Å². The van der Waals surface area contributed by atoms with Crippen LogP contribution < -0.4 is 0 Å². The third-order valence-corrected chi connectivity index (χ3v) is 9.75. The van der Waals surface area contributed by atoms with Gasteiger partial charge in [-0.1, -0.05) is 73.5 Å². The maximum absolute atomic E-state index is 2.57. The van der Waals surface area contributed by atoms with E-state index in [0.29, 0.717) is 5.41 Å². The third kappa shape index (κ3) is 3.87. The molecular formula is C38H42. The molecule has 0 aromatic heterocycles. The van der Waals surface area contributed by atoms with Crippen molar-refractivity contribution in [2.24, 2.45) is 5.41 Å². The van der Waals surface area contributed by atoms with Gasteiger partial charge in [0.15, 0.2) is 0 Å². The third-order valence-electron chi connectivity index (χ3n) is 9.75. The molecule has 0 bridgehead atoms. The van der Waals surface area contributed by atoms with Crippen molar-refractivity contribution in [2.45, 2.75) is 86.5 Å². The predicted octanol–water partition coefficient (Wildman–Crippen LogP) is 10.7. The number of hydrogen-bond donors (Lipinski definition) is 0. The molecule has 0 amide bonds. The normalized spacial score (nSPS) is 16.9. The van der Waals surface area contributed by atoms with Crippen LogP contribution in [0.3, 0.4) is 0 Å². The zero-order valence-electron chi connectivity index (χ0n) is 24.6. The van der Waals surface area contributed by atoms with Gasteiger partial charge in [-0.25, -0.2) is 0 Å². The van der Waals surface area contributed by atoms with E-state index in [4.69, 9.17) is 0 Å². The van der Waals surface area contributed by atoms with Crippen LogP contribution in [0.4, 0.5) is 0 Å². The number of aryl methyl sites for hydroxylation is 6. The molecule has 0 heterocycles. The molecule has 194 valence electrons. The van der Waals surface area contributed by atoms with Crippen LogP contribution in [0.25, 0.3) is 33.4 Å². The Bertz CT molecular complexity index is 1430. The molecule has 0 heteroatoms. The lowest BCUT2D eigenvalue weighted by molar-refractivity contribution is 0.188. The lowest BCUT2D eigenvalue weighted by Gasteiger charge is -2.43. The molecular weight excluding hydrogens is 456 g/mol. The van der Waals surface area contributed by atoms with Crippen LogP contribution in [0.5, 0.6) is 0 Å². The lowest BCUT2D eigenvalue weighted by atomic mass is 9.61. The lowest BCUT2D eigenvalue weighted by Crippen LogP contribution is -2.34. The number of benzene rings is 4. The maximum Gasteiger partial charge on any atom is 0.0216 e. The van der Waals surface area contributed by atoms with E-state index in [1.54, 1.807) is 11.1 Å². The topological polar surface area (TPSA) is 0 Å². The van der Waals surface area contributed by atoms with Gasteiger partial charge < -0.3 is 0 Å². The average Bonchev–Trinajstić information content (AvgIpc) is 3.09. The first-order chi connectivity index (χ1) is 18.0. The summed E-state index contributed by atoms with van der Waals surface area (Å²) < 4.78 is 0. The van der Waals surface area contributed by atoms with Crippen LogP contribution in [-0.4, -0.2) is 0 Å². The highest BCUT2D eigenvalue weighted by atomic mass is 14.5. The van der Waals surface area contributed by atoms with Crippen LogP contribution in [0.2, 0.25) is 0 Å². The van der Waals surface area contributed by atoms with Gasteiger partial charge in [0.2, 0.25) is 0 Å². The zero-order chi connectivity index (χ0) is 27.0. The minimum absolute atomic E-state index is 0.102. The number of hydrogen-bond acceptors (Lipinski definition) is 0. The monoisotopic (exact) mass is 498 g/mol. The molecule has 0 atom stereocenters. The maximum atomic E-state index is 2.57. The van der Waals surface area contributed by atoms with Gasteiger partial charge in [-0.05, 0) is 152 Å². The fourth-order valence-corrected chi connectivity index (χ4v) is 7.97. The number of fused-ring (bicyclic) bond motifs is 5. The Labute approximate surface area is 230 Å². The molecule has 0 N–H and O–H groups in total. The Morgan fingerprint density at radius 2 is 0.842 bits per heavy atom. The summed E-state index contributed by atoms with van der Waals surface area (Å²) in [5, 5.41) is 0. The van der Waals surface area contributed by atoms with E-state index < -0.39 is 0 Å². The average molecular weight is 499 g/mol. The molecule has 38 heavy (non-hydrogen) atoms. The molecule has 2 aliphatic carbocycles. The van der Waals surface area contributed by atoms with Crippen LogP contribution in [0, 0.1) is 47.0 Å². The second kappa shape index (κ2) is 8.70. The minimum atomic E-state index is 0.102. The quantitative estimate of drug-likeness (QED) is 0.258. The molecule has 1 saturated carbocycles. The van der Waals surface area contributed by atoms with Crippen molar-refractivity contribution in [3.05, 3.63) is 105 Å². The minimum Gasteiger partial charge on any atom is -0.0599 e.